The van der Waals surface area contributed by atoms with Gasteiger partial charge in [0, 0.05) is 18.2 Å². The molecule has 1 saturated carbocycles. The highest BCUT2D eigenvalue weighted by atomic mass is 32.2. The molecule has 0 spiro atoms. The number of nitrogens with one attached hydrogen (secondary N) is 2. The van der Waals surface area contributed by atoms with Crippen molar-refractivity contribution in [2.75, 3.05) is 0 Å². The second-order valence-electron chi connectivity index (χ2n) is 8.22. The Labute approximate surface area is 189 Å². The van der Waals surface area contributed by atoms with Crippen LogP contribution in [0, 0.1) is 0 Å². The number of rotatable bonds is 7. The molecular formula is C26H28N2O3S. The predicted octanol–water partition coefficient (Wildman–Crippen LogP) is 4.89. The first kappa shape index (κ1) is 22.2. The van der Waals surface area contributed by atoms with E-state index in [1.165, 1.54) is 19.3 Å². The van der Waals surface area contributed by atoms with Crippen LogP contribution in [0.25, 0.3) is 11.1 Å². The zero-order valence-electron chi connectivity index (χ0n) is 18.0. The average molecular weight is 449 g/mol. The molecule has 0 heterocycles. The number of hydrogen-bond donors (Lipinski definition) is 2. The highest BCUT2D eigenvalue weighted by molar-refractivity contribution is 7.89. The lowest BCUT2D eigenvalue weighted by molar-refractivity contribution is 0.0927. The Bertz CT molecular complexity index is 1150. The minimum absolute atomic E-state index is 0.0527. The molecular weight excluding hydrogens is 420 g/mol. The third kappa shape index (κ3) is 5.64. The summed E-state index contributed by atoms with van der Waals surface area (Å²) in [6.45, 7) is 0.239. The van der Waals surface area contributed by atoms with E-state index in [1.54, 1.807) is 24.3 Å². The van der Waals surface area contributed by atoms with Gasteiger partial charge in [-0.1, -0.05) is 73.9 Å². The van der Waals surface area contributed by atoms with Crippen LogP contribution in [0.2, 0.25) is 0 Å². The monoisotopic (exact) mass is 448 g/mol. The minimum atomic E-state index is -3.61. The highest BCUT2D eigenvalue weighted by Crippen LogP contribution is 2.23. The molecule has 1 amide bonds. The van der Waals surface area contributed by atoms with E-state index < -0.39 is 10.0 Å². The van der Waals surface area contributed by atoms with E-state index in [-0.39, 0.29) is 23.4 Å². The summed E-state index contributed by atoms with van der Waals surface area (Å²) in [4.78, 5) is 12.9. The van der Waals surface area contributed by atoms with Crippen molar-refractivity contribution >= 4 is 15.9 Å². The lowest BCUT2D eigenvalue weighted by atomic mass is 9.95. The van der Waals surface area contributed by atoms with Gasteiger partial charge in [0.2, 0.25) is 10.0 Å². The van der Waals surface area contributed by atoms with Gasteiger partial charge in [-0.3, -0.25) is 4.79 Å². The van der Waals surface area contributed by atoms with Gasteiger partial charge in [-0.15, -0.1) is 0 Å². The van der Waals surface area contributed by atoms with Gasteiger partial charge in [0.15, 0.2) is 0 Å². The molecule has 0 unspecified atom stereocenters. The van der Waals surface area contributed by atoms with Crippen molar-refractivity contribution in [3.05, 3.63) is 90.0 Å². The lowest BCUT2D eigenvalue weighted by Crippen LogP contribution is -2.36. The number of benzene rings is 3. The van der Waals surface area contributed by atoms with E-state index in [4.69, 9.17) is 0 Å². The van der Waals surface area contributed by atoms with Gasteiger partial charge < -0.3 is 5.32 Å². The molecule has 5 nitrogen and oxygen atoms in total. The Morgan fingerprint density at radius 3 is 2.25 bits per heavy atom. The largest absolute Gasteiger partial charge is 0.349 e. The molecule has 3 aromatic carbocycles. The first-order valence-corrected chi connectivity index (χ1v) is 12.5. The van der Waals surface area contributed by atoms with Crippen molar-refractivity contribution in [2.24, 2.45) is 0 Å². The van der Waals surface area contributed by atoms with Crippen LogP contribution in [0.15, 0.2) is 83.8 Å². The molecule has 0 aromatic heterocycles. The van der Waals surface area contributed by atoms with Crippen LogP contribution in [0.5, 0.6) is 0 Å². The number of sulfonamides is 1. The lowest BCUT2D eigenvalue weighted by Gasteiger charge is -2.22. The SMILES string of the molecule is O=C(NC1CCCCC1)c1cccc(-c2ccc(S(=O)(=O)NCc3ccccc3)cc2)c1. The topological polar surface area (TPSA) is 75.3 Å². The van der Waals surface area contributed by atoms with E-state index in [1.807, 2.05) is 54.6 Å². The highest BCUT2D eigenvalue weighted by Gasteiger charge is 2.17. The predicted molar refractivity (Wildman–Crippen MR) is 127 cm³/mol. The summed E-state index contributed by atoms with van der Waals surface area (Å²) in [5.41, 5.74) is 3.26. The van der Waals surface area contributed by atoms with Crippen LogP contribution in [0.3, 0.4) is 0 Å². The van der Waals surface area contributed by atoms with Gasteiger partial charge in [0.1, 0.15) is 0 Å². The average Bonchev–Trinajstić information content (AvgIpc) is 2.84. The summed E-state index contributed by atoms with van der Waals surface area (Å²) in [6, 6.07) is 23.9. The summed E-state index contributed by atoms with van der Waals surface area (Å²) in [6.07, 6.45) is 5.66. The third-order valence-electron chi connectivity index (χ3n) is 5.87. The van der Waals surface area contributed by atoms with Crippen molar-refractivity contribution in [3.63, 3.8) is 0 Å². The Kier molecular flexibility index (Phi) is 7.02. The van der Waals surface area contributed by atoms with Gasteiger partial charge in [0.25, 0.3) is 5.91 Å². The van der Waals surface area contributed by atoms with Crippen LogP contribution >= 0.6 is 0 Å². The number of hydrogen-bond acceptors (Lipinski definition) is 3. The molecule has 32 heavy (non-hydrogen) atoms. The van der Waals surface area contributed by atoms with Crippen molar-refractivity contribution in [1.29, 1.82) is 0 Å². The molecule has 0 bridgehead atoms. The Hall–Kier alpha value is -2.96. The third-order valence-corrected chi connectivity index (χ3v) is 7.29. The fourth-order valence-electron chi connectivity index (χ4n) is 4.04. The van der Waals surface area contributed by atoms with E-state index in [0.717, 1.165) is 29.5 Å². The zero-order chi connectivity index (χ0) is 22.4. The van der Waals surface area contributed by atoms with Gasteiger partial charge in [-0.2, -0.15) is 0 Å². The Morgan fingerprint density at radius 1 is 0.812 bits per heavy atom. The van der Waals surface area contributed by atoms with E-state index in [9.17, 15) is 13.2 Å². The van der Waals surface area contributed by atoms with E-state index in [0.29, 0.717) is 5.56 Å². The summed E-state index contributed by atoms with van der Waals surface area (Å²) in [7, 11) is -3.61. The maximum Gasteiger partial charge on any atom is 0.251 e. The van der Waals surface area contributed by atoms with Crippen LogP contribution in [0.4, 0.5) is 0 Å². The first-order chi connectivity index (χ1) is 15.5. The van der Waals surface area contributed by atoms with Gasteiger partial charge in [-0.05, 0) is 53.8 Å². The molecule has 166 valence electrons. The smallest absolute Gasteiger partial charge is 0.251 e. The maximum absolute atomic E-state index is 12.7. The summed E-state index contributed by atoms with van der Waals surface area (Å²) in [5.74, 6) is -0.0527. The first-order valence-electron chi connectivity index (χ1n) is 11.1. The Balaban J connectivity index is 1.44. The second-order valence-corrected chi connectivity index (χ2v) is 9.99. The minimum Gasteiger partial charge on any atom is -0.349 e. The van der Waals surface area contributed by atoms with Crippen LogP contribution in [0.1, 0.15) is 48.0 Å². The molecule has 6 heteroatoms. The zero-order valence-corrected chi connectivity index (χ0v) is 18.8. The number of carbonyl (C=O) groups excluding carboxylic acids is 1. The van der Waals surface area contributed by atoms with Crippen molar-refractivity contribution in [2.45, 2.75) is 49.6 Å². The molecule has 1 fully saturated rings. The van der Waals surface area contributed by atoms with E-state index in [2.05, 4.69) is 10.0 Å². The molecule has 1 aliphatic rings. The number of amides is 1. The van der Waals surface area contributed by atoms with E-state index >= 15 is 0 Å². The molecule has 0 radical (unpaired) electrons. The normalized spacial score (nSPS) is 14.8. The summed E-state index contributed by atoms with van der Waals surface area (Å²) in [5, 5.41) is 3.14. The molecule has 3 aromatic rings. The van der Waals surface area contributed by atoms with Gasteiger partial charge in [0.05, 0.1) is 4.90 Å². The van der Waals surface area contributed by atoms with Crippen LogP contribution in [-0.2, 0) is 16.6 Å². The van der Waals surface area contributed by atoms with Crippen LogP contribution in [-0.4, -0.2) is 20.4 Å². The second kappa shape index (κ2) is 10.1. The molecule has 0 aliphatic heterocycles. The fourth-order valence-corrected chi connectivity index (χ4v) is 5.06. The maximum atomic E-state index is 12.7. The Morgan fingerprint density at radius 2 is 1.53 bits per heavy atom. The van der Waals surface area contributed by atoms with Crippen molar-refractivity contribution in [1.82, 2.24) is 10.0 Å². The van der Waals surface area contributed by atoms with Crippen molar-refractivity contribution in [3.8, 4) is 11.1 Å². The number of carbonyl (C=O) groups is 1. The summed E-state index contributed by atoms with van der Waals surface area (Å²) >= 11 is 0. The quantitative estimate of drug-likeness (QED) is 0.540. The van der Waals surface area contributed by atoms with Gasteiger partial charge >= 0.3 is 0 Å². The molecule has 2 N–H and O–H groups in total. The standard InChI is InChI=1S/C26H28N2O3S/c29-26(28-24-12-5-2-6-13-24)23-11-7-10-22(18-23)21-14-16-25(17-15-21)32(30,31)27-19-20-8-3-1-4-9-20/h1,3-4,7-11,14-18,24,27H,2,5-6,12-13,19H2,(H,28,29). The fraction of sp³-hybridized carbons (Fsp3) is 0.269. The molecule has 0 atom stereocenters. The van der Waals surface area contributed by atoms with Gasteiger partial charge in [-0.25, -0.2) is 13.1 Å². The van der Waals surface area contributed by atoms with Crippen molar-refractivity contribution < 1.29 is 13.2 Å². The molecule has 4 rings (SSSR count). The molecule has 1 aliphatic carbocycles. The van der Waals surface area contributed by atoms with Crippen LogP contribution < -0.4 is 10.0 Å². The summed E-state index contributed by atoms with van der Waals surface area (Å²) < 4.78 is 27.9. The molecule has 0 saturated heterocycles.